The average molecular weight is 657 g/mol. The van der Waals surface area contributed by atoms with Gasteiger partial charge < -0.3 is 16.0 Å². The number of aromatic nitrogens is 1. The van der Waals surface area contributed by atoms with Crippen molar-refractivity contribution < 1.29 is 18.8 Å². The molecule has 7 nitrogen and oxygen atoms in total. The summed E-state index contributed by atoms with van der Waals surface area (Å²) in [5, 5.41) is 10.8. The lowest BCUT2D eigenvalue weighted by molar-refractivity contribution is -0.115. The smallest absolute Gasteiger partial charge is 0.272 e. The second-order valence-electron chi connectivity index (χ2n) is 9.67. The van der Waals surface area contributed by atoms with Gasteiger partial charge in [-0.25, -0.2) is 9.37 Å². The van der Waals surface area contributed by atoms with Crippen LogP contribution in [0.1, 0.15) is 22.8 Å². The highest BCUT2D eigenvalue weighted by atomic mass is 35.5. The van der Waals surface area contributed by atoms with Gasteiger partial charge in [-0.3, -0.25) is 14.4 Å². The molecule has 0 bridgehead atoms. The molecule has 3 amide bonds. The summed E-state index contributed by atoms with van der Waals surface area (Å²) in [5.74, 6) is -1.87. The van der Waals surface area contributed by atoms with E-state index in [1.807, 2.05) is 17.5 Å². The second-order valence-corrected chi connectivity index (χ2v) is 12.4. The fraction of sp³-hybridized carbons (Fsp3) is 0.0588. The van der Waals surface area contributed by atoms with Crippen molar-refractivity contribution in [1.29, 1.82) is 0 Å². The first-order valence-corrected chi connectivity index (χ1v) is 15.8. The third-order valence-electron chi connectivity index (χ3n) is 6.40. The van der Waals surface area contributed by atoms with Crippen molar-refractivity contribution in [3.63, 3.8) is 0 Å². The molecular weight excluding hydrogens is 631 g/mol. The van der Waals surface area contributed by atoms with E-state index in [2.05, 4.69) is 20.9 Å². The van der Waals surface area contributed by atoms with E-state index in [9.17, 15) is 18.8 Å². The minimum Gasteiger partial charge on any atom is -0.321 e. The molecule has 1 atom stereocenters. The largest absolute Gasteiger partial charge is 0.321 e. The second kappa shape index (κ2) is 14.8. The highest BCUT2D eigenvalue weighted by molar-refractivity contribution is 8.00. The van der Waals surface area contributed by atoms with Crippen LogP contribution < -0.4 is 16.0 Å². The maximum absolute atomic E-state index is 14.4. The fourth-order valence-electron chi connectivity index (χ4n) is 4.05. The number of hydrogen-bond donors (Lipinski definition) is 3. The number of amides is 3. The van der Waals surface area contributed by atoms with Gasteiger partial charge in [-0.1, -0.05) is 60.1 Å². The van der Waals surface area contributed by atoms with Crippen LogP contribution in [0.4, 0.5) is 15.2 Å². The predicted octanol–water partition coefficient (Wildman–Crippen LogP) is 8.13. The Morgan fingerprint density at radius 2 is 1.58 bits per heavy atom. The lowest BCUT2D eigenvalue weighted by Crippen LogP contribution is -2.30. The Morgan fingerprint density at radius 3 is 2.29 bits per heavy atom. The van der Waals surface area contributed by atoms with E-state index < -0.39 is 22.9 Å². The van der Waals surface area contributed by atoms with Gasteiger partial charge in [0.1, 0.15) is 11.5 Å². The van der Waals surface area contributed by atoms with Gasteiger partial charge in [0, 0.05) is 37.7 Å². The summed E-state index contributed by atoms with van der Waals surface area (Å²) in [6, 6.07) is 28.6. The molecule has 0 spiro atoms. The van der Waals surface area contributed by atoms with Gasteiger partial charge in [0.05, 0.1) is 10.9 Å². The van der Waals surface area contributed by atoms with Crippen LogP contribution in [0.2, 0.25) is 5.02 Å². The van der Waals surface area contributed by atoms with Gasteiger partial charge in [-0.05, 0) is 67.6 Å². The fourth-order valence-corrected chi connectivity index (χ4v) is 5.77. The van der Waals surface area contributed by atoms with Gasteiger partial charge in [-0.15, -0.1) is 23.1 Å². The number of thioether (sulfide) groups is 1. The van der Waals surface area contributed by atoms with Crippen molar-refractivity contribution in [3.8, 4) is 11.3 Å². The van der Waals surface area contributed by atoms with E-state index in [-0.39, 0.29) is 17.2 Å². The first-order chi connectivity index (χ1) is 21.7. The van der Waals surface area contributed by atoms with Crippen LogP contribution in [0.15, 0.2) is 119 Å². The van der Waals surface area contributed by atoms with E-state index in [0.29, 0.717) is 21.4 Å². The van der Waals surface area contributed by atoms with E-state index in [0.717, 1.165) is 16.2 Å². The molecule has 1 unspecified atom stereocenters. The molecule has 0 aliphatic carbocycles. The highest BCUT2D eigenvalue weighted by Gasteiger charge is 2.18. The molecule has 0 aliphatic heterocycles. The summed E-state index contributed by atoms with van der Waals surface area (Å²) < 4.78 is 14.4. The molecule has 0 aliphatic rings. The molecule has 0 saturated carbocycles. The zero-order valence-electron chi connectivity index (χ0n) is 23.8. The molecule has 5 rings (SSSR count). The van der Waals surface area contributed by atoms with Crippen LogP contribution in [0.3, 0.4) is 0 Å². The van der Waals surface area contributed by atoms with Gasteiger partial charge >= 0.3 is 0 Å². The summed E-state index contributed by atoms with van der Waals surface area (Å²) in [5.41, 5.74) is 2.47. The Bertz CT molecular complexity index is 1850. The van der Waals surface area contributed by atoms with Crippen molar-refractivity contribution in [1.82, 2.24) is 10.3 Å². The first-order valence-electron chi connectivity index (χ1n) is 13.7. The molecule has 3 N–H and O–H groups in total. The average Bonchev–Trinajstić information content (AvgIpc) is 3.51. The van der Waals surface area contributed by atoms with E-state index in [4.69, 9.17) is 11.6 Å². The molecule has 226 valence electrons. The Labute approximate surface area is 272 Å². The topological polar surface area (TPSA) is 100 Å². The molecule has 11 heteroatoms. The van der Waals surface area contributed by atoms with Gasteiger partial charge in [0.15, 0.2) is 5.13 Å². The minimum atomic E-state index is -0.628. The number of benzene rings is 4. The normalized spacial score (nSPS) is 11.8. The van der Waals surface area contributed by atoms with Crippen molar-refractivity contribution >= 4 is 69.3 Å². The Kier molecular flexibility index (Phi) is 10.4. The number of thiazole rings is 1. The number of rotatable bonds is 10. The summed E-state index contributed by atoms with van der Waals surface area (Å²) in [7, 11) is 0. The number of carbonyl (C=O) groups is 3. The van der Waals surface area contributed by atoms with Crippen LogP contribution in [0.5, 0.6) is 0 Å². The predicted molar refractivity (Wildman–Crippen MR) is 180 cm³/mol. The standard InChI is InChI=1S/C34H26ClFN4O3S2/c1-21(31(41)40-34-39-30(20-44-34)22-11-13-25(35)14-12-22)45-27-17-15-26(16-18-27)37-33(43)29(19-24-9-5-6-10-28(24)36)38-32(42)23-7-3-2-4-8-23/h2-21H,1H3,(H,37,43)(H,38,42)(H,39,40,41)/b29-19-. The third kappa shape index (κ3) is 8.66. The maximum Gasteiger partial charge on any atom is 0.272 e. The van der Waals surface area contributed by atoms with Gasteiger partial charge in [0.25, 0.3) is 11.8 Å². The summed E-state index contributed by atoms with van der Waals surface area (Å²) in [6.45, 7) is 1.79. The molecule has 5 aromatic rings. The molecule has 1 heterocycles. The molecule has 0 fully saturated rings. The van der Waals surface area contributed by atoms with Crippen molar-refractivity contribution in [2.45, 2.75) is 17.1 Å². The first kappa shape index (κ1) is 31.6. The lowest BCUT2D eigenvalue weighted by Gasteiger charge is -2.13. The van der Waals surface area contributed by atoms with Crippen LogP contribution in [-0.2, 0) is 9.59 Å². The number of carbonyl (C=O) groups excluding carboxylic acids is 3. The zero-order chi connectivity index (χ0) is 31.8. The third-order valence-corrected chi connectivity index (χ3v) is 8.52. The quantitative estimate of drug-likeness (QED) is 0.104. The van der Waals surface area contributed by atoms with Crippen molar-refractivity contribution in [2.75, 3.05) is 10.6 Å². The highest BCUT2D eigenvalue weighted by Crippen LogP contribution is 2.29. The molecule has 4 aromatic carbocycles. The monoisotopic (exact) mass is 656 g/mol. The lowest BCUT2D eigenvalue weighted by atomic mass is 10.1. The number of nitrogens with one attached hydrogen (secondary N) is 3. The number of hydrogen-bond acceptors (Lipinski definition) is 6. The molecule has 1 aromatic heterocycles. The van der Waals surface area contributed by atoms with Gasteiger partial charge in [-0.2, -0.15) is 0 Å². The van der Waals surface area contributed by atoms with E-state index >= 15 is 0 Å². The Morgan fingerprint density at radius 1 is 0.889 bits per heavy atom. The number of nitrogens with zero attached hydrogens (tertiary/aromatic N) is 1. The van der Waals surface area contributed by atoms with Crippen LogP contribution in [0.25, 0.3) is 17.3 Å². The van der Waals surface area contributed by atoms with E-state index in [1.165, 1.54) is 47.4 Å². The summed E-state index contributed by atoms with van der Waals surface area (Å²) in [6.07, 6.45) is 1.29. The molecule has 0 radical (unpaired) electrons. The van der Waals surface area contributed by atoms with Crippen molar-refractivity contribution in [3.05, 3.63) is 136 Å². The Hall–Kier alpha value is -4.77. The van der Waals surface area contributed by atoms with Gasteiger partial charge in [0.2, 0.25) is 5.91 Å². The number of anilines is 2. The molecule has 45 heavy (non-hydrogen) atoms. The number of halogens is 2. The molecule has 0 saturated heterocycles. The summed E-state index contributed by atoms with van der Waals surface area (Å²) in [4.78, 5) is 44.2. The van der Waals surface area contributed by atoms with Crippen LogP contribution in [-0.4, -0.2) is 28.0 Å². The van der Waals surface area contributed by atoms with Crippen LogP contribution >= 0.6 is 34.7 Å². The van der Waals surface area contributed by atoms with Crippen LogP contribution in [0, 0.1) is 5.82 Å². The maximum atomic E-state index is 14.4. The Balaban J connectivity index is 1.21. The summed E-state index contributed by atoms with van der Waals surface area (Å²) >= 11 is 8.65. The van der Waals surface area contributed by atoms with E-state index in [1.54, 1.807) is 79.7 Å². The SMILES string of the molecule is CC(Sc1ccc(NC(=O)/C(=C/c2ccccc2F)NC(=O)c2ccccc2)cc1)C(=O)Nc1nc(-c2ccc(Cl)cc2)cs1. The minimum absolute atomic E-state index is 0.126. The molecular formula is C34H26ClFN4O3S2. The zero-order valence-corrected chi connectivity index (χ0v) is 26.2. The van der Waals surface area contributed by atoms with Crippen molar-refractivity contribution in [2.24, 2.45) is 0 Å².